The molecule has 0 radical (unpaired) electrons. The zero-order chi connectivity index (χ0) is 14.1. The van der Waals surface area contributed by atoms with Crippen molar-refractivity contribution in [2.45, 2.75) is 0 Å². The van der Waals surface area contributed by atoms with E-state index in [-0.39, 0.29) is 5.43 Å². The van der Waals surface area contributed by atoms with Gasteiger partial charge < -0.3 is 4.74 Å². The van der Waals surface area contributed by atoms with Crippen molar-refractivity contribution in [2.75, 3.05) is 7.11 Å². The van der Waals surface area contributed by atoms with Gasteiger partial charge in [0.05, 0.1) is 7.11 Å². The average molecular weight is 303 g/mol. The molecule has 2 nitrogen and oxygen atoms in total. The molecule has 3 rings (SSSR count). The summed E-state index contributed by atoms with van der Waals surface area (Å²) in [5.74, 6) is 0.800. The third-order valence-corrected chi connectivity index (χ3v) is 4.45. The first-order valence-electron chi connectivity index (χ1n) is 6.05. The van der Waals surface area contributed by atoms with Gasteiger partial charge in [0.25, 0.3) is 0 Å². The molecule has 0 atom stereocenters. The summed E-state index contributed by atoms with van der Waals surface area (Å²) in [6, 6.07) is 14.7. The van der Waals surface area contributed by atoms with Gasteiger partial charge in [-0.2, -0.15) is 0 Å². The van der Waals surface area contributed by atoms with Gasteiger partial charge >= 0.3 is 0 Å². The van der Waals surface area contributed by atoms with Crippen LogP contribution in [0.4, 0.5) is 0 Å². The van der Waals surface area contributed by atoms with Crippen LogP contribution >= 0.6 is 22.9 Å². The van der Waals surface area contributed by atoms with Gasteiger partial charge in [-0.15, -0.1) is 11.3 Å². The number of ether oxygens (including phenoxy) is 1. The molecule has 4 heteroatoms. The van der Waals surface area contributed by atoms with Gasteiger partial charge in [-0.1, -0.05) is 11.6 Å². The van der Waals surface area contributed by atoms with Gasteiger partial charge in [-0.25, -0.2) is 0 Å². The standard InChI is InChI=1S/C16H11ClO2S/c1-19-12-5-2-10(3-6-12)16-9-14(18)13-8-11(17)4-7-15(13)20-16/h2-9H,1H3. The van der Waals surface area contributed by atoms with Gasteiger partial charge in [0.15, 0.2) is 5.43 Å². The molecule has 0 N–H and O–H groups in total. The molecule has 0 aliphatic heterocycles. The van der Waals surface area contributed by atoms with E-state index in [4.69, 9.17) is 16.3 Å². The first-order chi connectivity index (χ1) is 9.67. The molecule has 0 saturated heterocycles. The molecule has 0 aliphatic rings. The molecule has 1 aromatic heterocycles. The zero-order valence-corrected chi connectivity index (χ0v) is 12.3. The minimum atomic E-state index is -0.00734. The number of benzene rings is 2. The van der Waals surface area contributed by atoms with Crippen LogP contribution in [0.2, 0.25) is 5.02 Å². The van der Waals surface area contributed by atoms with Crippen molar-refractivity contribution < 1.29 is 4.74 Å². The van der Waals surface area contributed by atoms with E-state index >= 15 is 0 Å². The highest BCUT2D eigenvalue weighted by molar-refractivity contribution is 7.21. The van der Waals surface area contributed by atoms with Crippen LogP contribution in [0, 0.1) is 0 Å². The van der Waals surface area contributed by atoms with Gasteiger partial charge in [0.1, 0.15) is 5.75 Å². The largest absolute Gasteiger partial charge is 0.497 e. The Balaban J connectivity index is 2.16. The zero-order valence-electron chi connectivity index (χ0n) is 10.7. The summed E-state index contributed by atoms with van der Waals surface area (Å²) in [7, 11) is 1.63. The lowest BCUT2D eigenvalue weighted by Crippen LogP contribution is -1.98. The fourth-order valence-electron chi connectivity index (χ4n) is 2.03. The van der Waals surface area contributed by atoms with Gasteiger partial charge in [0.2, 0.25) is 0 Å². The van der Waals surface area contributed by atoms with Crippen molar-refractivity contribution in [3.8, 4) is 16.2 Å². The Morgan fingerprint density at radius 2 is 1.80 bits per heavy atom. The Labute approximate surface area is 125 Å². The quantitative estimate of drug-likeness (QED) is 0.692. The third kappa shape index (κ3) is 2.42. The van der Waals surface area contributed by atoms with Crippen LogP contribution in [-0.2, 0) is 0 Å². The summed E-state index contributed by atoms with van der Waals surface area (Å²) >= 11 is 7.51. The maximum Gasteiger partial charge on any atom is 0.188 e. The van der Waals surface area contributed by atoms with Crippen molar-refractivity contribution in [3.05, 3.63) is 63.8 Å². The number of halogens is 1. The van der Waals surface area contributed by atoms with E-state index in [9.17, 15) is 4.79 Å². The highest BCUT2D eigenvalue weighted by Crippen LogP contribution is 2.30. The Hall–Kier alpha value is -1.84. The molecule has 0 spiro atoms. The molecule has 0 saturated carbocycles. The molecule has 3 aromatic rings. The molecule has 0 unspecified atom stereocenters. The maximum absolute atomic E-state index is 12.2. The van der Waals surface area contributed by atoms with E-state index in [1.165, 1.54) is 0 Å². The predicted octanol–water partition coefficient (Wildman–Crippen LogP) is 4.59. The molecule has 0 amide bonds. The average Bonchev–Trinajstić information content (AvgIpc) is 2.48. The van der Waals surface area contributed by atoms with Gasteiger partial charge in [0, 0.05) is 26.1 Å². The van der Waals surface area contributed by atoms with Crippen LogP contribution in [0.25, 0.3) is 20.5 Å². The lowest BCUT2D eigenvalue weighted by molar-refractivity contribution is 0.415. The number of methoxy groups -OCH3 is 1. The van der Waals surface area contributed by atoms with E-state index in [1.807, 2.05) is 30.3 Å². The Morgan fingerprint density at radius 1 is 1.05 bits per heavy atom. The van der Waals surface area contributed by atoms with Crippen molar-refractivity contribution >= 4 is 33.0 Å². The van der Waals surface area contributed by atoms with Crippen LogP contribution in [0.3, 0.4) is 0 Å². The van der Waals surface area contributed by atoms with Crippen molar-refractivity contribution in [1.29, 1.82) is 0 Å². The highest BCUT2D eigenvalue weighted by Gasteiger charge is 2.06. The normalized spacial score (nSPS) is 10.7. The SMILES string of the molecule is COc1ccc(-c2cc(=O)c3cc(Cl)ccc3s2)cc1. The smallest absolute Gasteiger partial charge is 0.188 e. The second kappa shape index (κ2) is 5.27. The minimum Gasteiger partial charge on any atom is -0.497 e. The molecule has 0 bridgehead atoms. The predicted molar refractivity (Wildman–Crippen MR) is 85.1 cm³/mol. The molecule has 100 valence electrons. The minimum absolute atomic E-state index is 0.00734. The summed E-state index contributed by atoms with van der Waals surface area (Å²) in [5.41, 5.74) is 0.997. The third-order valence-electron chi connectivity index (χ3n) is 3.06. The van der Waals surface area contributed by atoms with Crippen molar-refractivity contribution in [1.82, 2.24) is 0 Å². The first-order valence-corrected chi connectivity index (χ1v) is 7.24. The van der Waals surface area contributed by atoms with Crippen LogP contribution in [0.1, 0.15) is 0 Å². The highest BCUT2D eigenvalue weighted by atomic mass is 35.5. The van der Waals surface area contributed by atoms with Crippen LogP contribution in [-0.4, -0.2) is 7.11 Å². The summed E-state index contributed by atoms with van der Waals surface area (Å²) in [5, 5.41) is 1.25. The van der Waals surface area contributed by atoms with E-state index in [0.717, 1.165) is 20.9 Å². The monoisotopic (exact) mass is 302 g/mol. The number of rotatable bonds is 2. The van der Waals surface area contributed by atoms with E-state index in [2.05, 4.69) is 0 Å². The first kappa shape index (κ1) is 13.2. The lowest BCUT2D eigenvalue weighted by atomic mass is 10.1. The molecular weight excluding hydrogens is 292 g/mol. The van der Waals surface area contributed by atoms with Crippen molar-refractivity contribution in [3.63, 3.8) is 0 Å². The Kier molecular flexibility index (Phi) is 3.47. The number of fused-ring (bicyclic) bond motifs is 1. The van der Waals surface area contributed by atoms with E-state index in [0.29, 0.717) is 10.4 Å². The topological polar surface area (TPSA) is 26.3 Å². The van der Waals surface area contributed by atoms with Gasteiger partial charge in [-0.3, -0.25) is 4.79 Å². The Bertz CT molecular complexity index is 822. The molecule has 0 aliphatic carbocycles. The fraction of sp³-hybridized carbons (Fsp3) is 0.0625. The summed E-state index contributed by atoms with van der Waals surface area (Å²) in [4.78, 5) is 13.1. The molecule has 20 heavy (non-hydrogen) atoms. The lowest BCUT2D eigenvalue weighted by Gasteiger charge is -2.04. The maximum atomic E-state index is 12.2. The summed E-state index contributed by atoms with van der Waals surface area (Å²) < 4.78 is 6.08. The summed E-state index contributed by atoms with van der Waals surface area (Å²) in [6.07, 6.45) is 0. The molecular formula is C16H11ClO2S. The summed E-state index contributed by atoms with van der Waals surface area (Å²) in [6.45, 7) is 0. The van der Waals surface area contributed by atoms with Crippen molar-refractivity contribution in [2.24, 2.45) is 0 Å². The second-order valence-corrected chi connectivity index (χ2v) is 5.86. The van der Waals surface area contributed by atoms with E-state index in [1.54, 1.807) is 36.6 Å². The van der Waals surface area contributed by atoms with E-state index < -0.39 is 0 Å². The number of hydrogen-bond acceptors (Lipinski definition) is 3. The van der Waals surface area contributed by atoms with Gasteiger partial charge in [-0.05, 0) is 48.0 Å². The van der Waals surface area contributed by atoms with Crippen LogP contribution < -0.4 is 10.2 Å². The molecule has 1 heterocycles. The van der Waals surface area contributed by atoms with Crippen LogP contribution in [0.5, 0.6) is 5.75 Å². The Morgan fingerprint density at radius 3 is 2.50 bits per heavy atom. The number of hydrogen-bond donors (Lipinski definition) is 0. The molecule has 0 fully saturated rings. The van der Waals surface area contributed by atoms with Crippen LogP contribution in [0.15, 0.2) is 53.3 Å². The molecule has 2 aromatic carbocycles. The fourth-order valence-corrected chi connectivity index (χ4v) is 3.26. The second-order valence-electron chi connectivity index (χ2n) is 4.34.